The lowest BCUT2D eigenvalue weighted by Crippen LogP contribution is -2.31. The van der Waals surface area contributed by atoms with Crippen molar-refractivity contribution in [1.29, 1.82) is 0 Å². The summed E-state index contributed by atoms with van der Waals surface area (Å²) in [5, 5.41) is 0.931. The van der Waals surface area contributed by atoms with Crippen LogP contribution < -0.4 is 9.64 Å². The Hall–Kier alpha value is -2.30. The topological polar surface area (TPSA) is 46.6 Å². The normalized spacial score (nSPS) is 24.3. The minimum absolute atomic E-state index is 0.0693. The molecular weight excluding hydrogens is 385 g/mol. The molecular formula is C21H17Cl2NO3. The van der Waals surface area contributed by atoms with Gasteiger partial charge in [-0.1, -0.05) is 42.3 Å². The zero-order valence-corrected chi connectivity index (χ0v) is 16.1. The van der Waals surface area contributed by atoms with Gasteiger partial charge in [0.2, 0.25) is 11.8 Å². The quantitative estimate of drug-likeness (QED) is 0.504. The van der Waals surface area contributed by atoms with E-state index >= 15 is 0 Å². The lowest BCUT2D eigenvalue weighted by Gasteiger charge is -2.22. The van der Waals surface area contributed by atoms with E-state index in [-0.39, 0.29) is 29.6 Å². The summed E-state index contributed by atoms with van der Waals surface area (Å²) in [7, 11) is 0. The summed E-state index contributed by atoms with van der Waals surface area (Å²) in [5.41, 5.74) is 0.557. The van der Waals surface area contributed by atoms with Gasteiger partial charge in [-0.3, -0.25) is 14.5 Å². The lowest BCUT2D eigenvalue weighted by molar-refractivity contribution is -0.122. The van der Waals surface area contributed by atoms with Crippen LogP contribution in [0.25, 0.3) is 0 Å². The third-order valence-corrected chi connectivity index (χ3v) is 5.62. The number of halogens is 2. The van der Waals surface area contributed by atoms with Gasteiger partial charge in [0.25, 0.3) is 0 Å². The highest BCUT2D eigenvalue weighted by molar-refractivity contribution is 6.35. The molecule has 138 valence electrons. The van der Waals surface area contributed by atoms with E-state index in [1.54, 1.807) is 42.5 Å². The fourth-order valence-electron chi connectivity index (χ4n) is 3.75. The standard InChI is InChI=1S/C21H17Cl2NO3/c1-12-3-2-4-16-19(12)21(26)24(20(16)25)14-6-8-15(9-7-14)27-18-10-5-13(22)11-17(18)23/h2-3,5-12,16,19H,4H2,1H3/t12-,16-,19+/m1/s1. The molecule has 2 amide bonds. The Kier molecular flexibility index (Phi) is 4.70. The van der Waals surface area contributed by atoms with Crippen LogP contribution in [0.1, 0.15) is 13.3 Å². The van der Waals surface area contributed by atoms with Crippen molar-refractivity contribution in [3.8, 4) is 11.5 Å². The molecule has 4 rings (SSSR count). The lowest BCUT2D eigenvalue weighted by atomic mass is 9.78. The van der Waals surface area contributed by atoms with E-state index in [1.165, 1.54) is 4.90 Å². The maximum Gasteiger partial charge on any atom is 0.238 e. The molecule has 0 spiro atoms. The van der Waals surface area contributed by atoms with Crippen LogP contribution in [0, 0.1) is 17.8 Å². The number of carbonyl (C=O) groups is 2. The van der Waals surface area contributed by atoms with Crippen LogP contribution in [-0.4, -0.2) is 11.8 Å². The summed E-state index contributed by atoms with van der Waals surface area (Å²) in [6, 6.07) is 11.8. The number of imide groups is 1. The molecule has 1 aliphatic carbocycles. The van der Waals surface area contributed by atoms with Crippen LogP contribution in [0.15, 0.2) is 54.6 Å². The van der Waals surface area contributed by atoms with E-state index in [9.17, 15) is 9.59 Å². The molecule has 4 nitrogen and oxygen atoms in total. The van der Waals surface area contributed by atoms with E-state index < -0.39 is 0 Å². The van der Waals surface area contributed by atoms with Crippen molar-refractivity contribution in [1.82, 2.24) is 0 Å². The Labute approximate surface area is 167 Å². The average molecular weight is 402 g/mol. The molecule has 0 unspecified atom stereocenters. The molecule has 0 radical (unpaired) electrons. The number of nitrogens with zero attached hydrogens (tertiary/aromatic N) is 1. The first-order chi connectivity index (χ1) is 13.0. The fourth-order valence-corrected chi connectivity index (χ4v) is 4.20. The number of benzene rings is 2. The van der Waals surface area contributed by atoms with Crippen molar-refractivity contribution in [2.45, 2.75) is 13.3 Å². The molecule has 0 bridgehead atoms. The maximum atomic E-state index is 12.8. The average Bonchev–Trinajstić information content (AvgIpc) is 2.90. The summed E-state index contributed by atoms with van der Waals surface area (Å²) >= 11 is 12.0. The highest BCUT2D eigenvalue weighted by atomic mass is 35.5. The fraction of sp³-hybridized carbons (Fsp3) is 0.238. The first-order valence-electron chi connectivity index (χ1n) is 8.73. The molecule has 1 heterocycles. The SMILES string of the molecule is C[C@@H]1C=CC[C@H]2C(=O)N(c3ccc(Oc4ccc(Cl)cc4Cl)cc3)C(=O)[C@@H]12. The van der Waals surface area contributed by atoms with Crippen molar-refractivity contribution >= 4 is 40.7 Å². The van der Waals surface area contributed by atoms with E-state index in [0.717, 1.165) is 0 Å². The van der Waals surface area contributed by atoms with Crippen molar-refractivity contribution in [3.05, 3.63) is 64.7 Å². The van der Waals surface area contributed by atoms with Gasteiger partial charge in [0.15, 0.2) is 0 Å². The van der Waals surface area contributed by atoms with Gasteiger partial charge in [-0.15, -0.1) is 0 Å². The second-order valence-corrected chi connectivity index (χ2v) is 7.68. The largest absolute Gasteiger partial charge is 0.456 e. The molecule has 6 heteroatoms. The third-order valence-electron chi connectivity index (χ3n) is 5.09. The van der Waals surface area contributed by atoms with Gasteiger partial charge < -0.3 is 4.74 Å². The van der Waals surface area contributed by atoms with Crippen LogP contribution in [0.4, 0.5) is 5.69 Å². The number of hydrogen-bond donors (Lipinski definition) is 0. The molecule has 3 atom stereocenters. The van der Waals surface area contributed by atoms with Crippen LogP contribution in [0.5, 0.6) is 11.5 Å². The Morgan fingerprint density at radius 3 is 2.44 bits per heavy atom. The van der Waals surface area contributed by atoms with E-state index in [0.29, 0.717) is 33.7 Å². The number of rotatable bonds is 3. The predicted octanol–water partition coefficient (Wildman–Crippen LogP) is 5.49. The molecule has 0 aromatic heterocycles. The summed E-state index contributed by atoms with van der Waals surface area (Å²) in [6.45, 7) is 1.98. The number of amides is 2. The Morgan fingerprint density at radius 2 is 1.78 bits per heavy atom. The molecule has 1 saturated heterocycles. The molecule has 27 heavy (non-hydrogen) atoms. The summed E-state index contributed by atoms with van der Waals surface area (Å²) in [4.78, 5) is 26.9. The molecule has 1 aliphatic heterocycles. The minimum Gasteiger partial charge on any atom is -0.456 e. The van der Waals surface area contributed by atoms with Gasteiger partial charge in [0, 0.05) is 5.02 Å². The number of fused-ring (bicyclic) bond motifs is 1. The van der Waals surface area contributed by atoms with E-state index in [4.69, 9.17) is 27.9 Å². The van der Waals surface area contributed by atoms with Gasteiger partial charge in [0.05, 0.1) is 22.5 Å². The summed E-state index contributed by atoms with van der Waals surface area (Å²) < 4.78 is 5.76. The number of hydrogen-bond acceptors (Lipinski definition) is 3. The molecule has 2 aromatic rings. The molecule has 0 saturated carbocycles. The highest BCUT2D eigenvalue weighted by Gasteiger charge is 2.50. The summed E-state index contributed by atoms with van der Waals surface area (Å²) in [5.74, 6) is 0.307. The third kappa shape index (κ3) is 3.24. The zero-order valence-electron chi connectivity index (χ0n) is 14.6. The van der Waals surface area contributed by atoms with Crippen LogP contribution >= 0.6 is 23.2 Å². The Bertz CT molecular complexity index is 939. The molecule has 0 N–H and O–H groups in total. The Balaban J connectivity index is 1.56. The van der Waals surface area contributed by atoms with Gasteiger partial charge in [-0.05, 0) is 54.8 Å². The van der Waals surface area contributed by atoms with Crippen molar-refractivity contribution in [2.24, 2.45) is 17.8 Å². The number of anilines is 1. The van der Waals surface area contributed by atoms with E-state index in [2.05, 4.69) is 0 Å². The molecule has 1 fully saturated rings. The van der Waals surface area contributed by atoms with Crippen molar-refractivity contribution in [2.75, 3.05) is 4.90 Å². The number of ether oxygens (including phenoxy) is 1. The molecule has 2 aliphatic rings. The van der Waals surface area contributed by atoms with Gasteiger partial charge in [-0.2, -0.15) is 0 Å². The van der Waals surface area contributed by atoms with Crippen LogP contribution in [0.3, 0.4) is 0 Å². The van der Waals surface area contributed by atoms with Crippen molar-refractivity contribution in [3.63, 3.8) is 0 Å². The number of allylic oxidation sites excluding steroid dienone is 2. The Morgan fingerprint density at radius 1 is 1.04 bits per heavy atom. The van der Waals surface area contributed by atoms with Crippen molar-refractivity contribution < 1.29 is 14.3 Å². The van der Waals surface area contributed by atoms with E-state index in [1.807, 2.05) is 19.1 Å². The van der Waals surface area contributed by atoms with Gasteiger partial charge in [0.1, 0.15) is 11.5 Å². The second kappa shape index (κ2) is 7.02. The second-order valence-electron chi connectivity index (χ2n) is 6.84. The van der Waals surface area contributed by atoms with Gasteiger partial charge in [-0.25, -0.2) is 0 Å². The minimum atomic E-state index is -0.272. The zero-order chi connectivity index (χ0) is 19.1. The highest BCUT2D eigenvalue weighted by Crippen LogP contribution is 2.41. The monoisotopic (exact) mass is 401 g/mol. The van der Waals surface area contributed by atoms with Gasteiger partial charge >= 0.3 is 0 Å². The van der Waals surface area contributed by atoms with Crippen LogP contribution in [0.2, 0.25) is 10.0 Å². The summed E-state index contributed by atoms with van der Waals surface area (Å²) in [6.07, 6.45) is 4.63. The smallest absolute Gasteiger partial charge is 0.238 e. The molecule has 2 aromatic carbocycles. The first-order valence-corrected chi connectivity index (χ1v) is 9.49. The number of carbonyl (C=O) groups excluding carboxylic acids is 2. The van der Waals surface area contributed by atoms with Crippen LogP contribution in [-0.2, 0) is 9.59 Å². The maximum absolute atomic E-state index is 12.8. The predicted molar refractivity (Wildman–Crippen MR) is 105 cm³/mol. The first kappa shape index (κ1) is 18.1.